The van der Waals surface area contributed by atoms with Crippen molar-refractivity contribution in [1.82, 2.24) is 4.98 Å². The van der Waals surface area contributed by atoms with Crippen molar-refractivity contribution >= 4 is 26.7 Å². The van der Waals surface area contributed by atoms with Gasteiger partial charge in [-0.3, -0.25) is 0 Å². The van der Waals surface area contributed by atoms with Crippen LogP contribution in [0.1, 0.15) is 0 Å². The number of methoxy groups -OCH3 is 2. The minimum absolute atomic E-state index is 0.555. The van der Waals surface area contributed by atoms with E-state index in [1.165, 1.54) is 11.3 Å². The zero-order valence-corrected chi connectivity index (χ0v) is 12.0. The molecule has 2 aromatic carbocycles. The number of nitrogens with two attached hydrogens (primary N) is 1. The molecule has 0 unspecified atom stereocenters. The summed E-state index contributed by atoms with van der Waals surface area (Å²) in [4.78, 5) is 4.28. The van der Waals surface area contributed by atoms with Gasteiger partial charge < -0.3 is 15.2 Å². The number of aromatic nitrogens is 1. The highest BCUT2D eigenvalue weighted by atomic mass is 32.1. The van der Waals surface area contributed by atoms with Crippen LogP contribution in [0.15, 0.2) is 36.4 Å². The molecular formula is C15H14N2O2S. The first-order valence-electron chi connectivity index (χ1n) is 6.10. The summed E-state index contributed by atoms with van der Waals surface area (Å²) in [7, 11) is 3.31. The second-order valence-corrected chi connectivity index (χ2v) is 5.33. The molecule has 0 saturated heterocycles. The van der Waals surface area contributed by atoms with Gasteiger partial charge in [-0.25, -0.2) is 4.98 Å². The van der Waals surface area contributed by atoms with Crippen molar-refractivity contribution in [3.8, 4) is 22.6 Å². The van der Waals surface area contributed by atoms with Gasteiger partial charge in [0, 0.05) is 17.2 Å². The summed E-state index contributed by atoms with van der Waals surface area (Å²) in [6.07, 6.45) is 0. The lowest BCUT2D eigenvalue weighted by atomic mass is 10.0. The molecule has 0 saturated carbocycles. The maximum atomic E-state index is 5.77. The number of rotatable bonds is 3. The highest BCUT2D eigenvalue weighted by molar-refractivity contribution is 7.22. The third-order valence-electron chi connectivity index (χ3n) is 3.12. The molecule has 0 spiro atoms. The van der Waals surface area contributed by atoms with Crippen molar-refractivity contribution in [2.75, 3.05) is 20.0 Å². The minimum Gasteiger partial charge on any atom is -0.496 e. The molecule has 0 aliphatic rings. The van der Waals surface area contributed by atoms with E-state index < -0.39 is 0 Å². The Morgan fingerprint density at radius 1 is 1.00 bits per heavy atom. The summed E-state index contributed by atoms with van der Waals surface area (Å²) >= 11 is 1.46. The minimum atomic E-state index is 0.555. The molecule has 1 aromatic heterocycles. The standard InChI is InChI=1S/C15H14N2O2S/c1-18-12-6-4-3-5-9(12)10-7-14-11(8-13(10)19-2)17-15(16)20-14/h3-8H,1-2H3,(H2,16,17). The Morgan fingerprint density at radius 3 is 2.50 bits per heavy atom. The molecule has 20 heavy (non-hydrogen) atoms. The average Bonchev–Trinajstić information content (AvgIpc) is 2.84. The average molecular weight is 286 g/mol. The van der Waals surface area contributed by atoms with E-state index in [2.05, 4.69) is 4.98 Å². The van der Waals surface area contributed by atoms with E-state index in [0.717, 1.165) is 32.8 Å². The van der Waals surface area contributed by atoms with Crippen LogP contribution in [0.25, 0.3) is 21.3 Å². The molecule has 102 valence electrons. The Kier molecular flexibility index (Phi) is 3.20. The van der Waals surface area contributed by atoms with Crippen molar-refractivity contribution in [3.05, 3.63) is 36.4 Å². The second kappa shape index (κ2) is 5.02. The summed E-state index contributed by atoms with van der Waals surface area (Å²) < 4.78 is 11.9. The Balaban J connectivity index is 2.28. The second-order valence-electron chi connectivity index (χ2n) is 4.27. The molecule has 0 aliphatic heterocycles. The van der Waals surface area contributed by atoms with Gasteiger partial charge in [-0.2, -0.15) is 0 Å². The lowest BCUT2D eigenvalue weighted by Gasteiger charge is -2.12. The molecule has 0 atom stereocenters. The summed E-state index contributed by atoms with van der Waals surface area (Å²) in [6, 6.07) is 11.8. The van der Waals surface area contributed by atoms with E-state index in [4.69, 9.17) is 15.2 Å². The fourth-order valence-electron chi connectivity index (χ4n) is 2.22. The molecule has 3 rings (SSSR count). The number of nitrogen functional groups attached to an aromatic ring is 1. The van der Waals surface area contributed by atoms with Crippen molar-refractivity contribution in [2.45, 2.75) is 0 Å². The van der Waals surface area contributed by atoms with E-state index in [1.54, 1.807) is 14.2 Å². The van der Waals surface area contributed by atoms with Crippen molar-refractivity contribution in [1.29, 1.82) is 0 Å². The zero-order valence-electron chi connectivity index (χ0n) is 11.2. The molecule has 0 aliphatic carbocycles. The molecule has 0 radical (unpaired) electrons. The molecule has 2 N–H and O–H groups in total. The summed E-state index contributed by atoms with van der Waals surface area (Å²) in [5, 5.41) is 0.555. The van der Waals surface area contributed by atoms with Crippen LogP contribution in [0, 0.1) is 0 Å². The smallest absolute Gasteiger partial charge is 0.181 e. The third kappa shape index (κ3) is 2.06. The van der Waals surface area contributed by atoms with Crippen molar-refractivity contribution < 1.29 is 9.47 Å². The van der Waals surface area contributed by atoms with Gasteiger partial charge in [0.05, 0.1) is 24.4 Å². The number of hydrogen-bond acceptors (Lipinski definition) is 5. The van der Waals surface area contributed by atoms with E-state index in [0.29, 0.717) is 5.13 Å². The Hall–Kier alpha value is -2.27. The lowest BCUT2D eigenvalue weighted by Crippen LogP contribution is -1.91. The van der Waals surface area contributed by atoms with Gasteiger partial charge in [-0.05, 0) is 12.1 Å². The molecule has 5 heteroatoms. The van der Waals surface area contributed by atoms with Crippen LogP contribution in [-0.2, 0) is 0 Å². The fourth-order valence-corrected chi connectivity index (χ4v) is 2.97. The highest BCUT2D eigenvalue weighted by Gasteiger charge is 2.14. The maximum Gasteiger partial charge on any atom is 0.181 e. The van der Waals surface area contributed by atoms with Crippen LogP contribution >= 0.6 is 11.3 Å². The van der Waals surface area contributed by atoms with E-state index in [1.807, 2.05) is 36.4 Å². The summed E-state index contributed by atoms with van der Waals surface area (Å²) in [6.45, 7) is 0. The number of ether oxygens (including phenoxy) is 2. The van der Waals surface area contributed by atoms with Gasteiger partial charge >= 0.3 is 0 Å². The number of benzene rings is 2. The van der Waals surface area contributed by atoms with Crippen molar-refractivity contribution in [3.63, 3.8) is 0 Å². The maximum absolute atomic E-state index is 5.77. The van der Waals surface area contributed by atoms with Gasteiger partial charge in [-0.1, -0.05) is 29.5 Å². The number of anilines is 1. The third-order valence-corrected chi connectivity index (χ3v) is 3.97. The first-order valence-corrected chi connectivity index (χ1v) is 6.92. The molecule has 0 bridgehead atoms. The van der Waals surface area contributed by atoms with Crippen LogP contribution < -0.4 is 15.2 Å². The lowest BCUT2D eigenvalue weighted by molar-refractivity contribution is 0.410. The topological polar surface area (TPSA) is 57.4 Å². The highest BCUT2D eigenvalue weighted by Crippen LogP contribution is 2.40. The van der Waals surface area contributed by atoms with Gasteiger partial charge in [-0.15, -0.1) is 0 Å². The SMILES string of the molecule is COc1ccccc1-c1cc2sc(N)nc2cc1OC. The number of fused-ring (bicyclic) bond motifs is 1. The van der Waals surface area contributed by atoms with Crippen molar-refractivity contribution in [2.24, 2.45) is 0 Å². The predicted octanol–water partition coefficient (Wildman–Crippen LogP) is 3.56. The molecule has 0 amide bonds. The zero-order chi connectivity index (χ0) is 14.1. The van der Waals surface area contributed by atoms with E-state index >= 15 is 0 Å². The quantitative estimate of drug-likeness (QED) is 0.799. The molecule has 4 nitrogen and oxygen atoms in total. The summed E-state index contributed by atoms with van der Waals surface area (Å²) in [5.74, 6) is 1.56. The number of nitrogens with zero attached hydrogens (tertiary/aromatic N) is 1. The fraction of sp³-hybridized carbons (Fsp3) is 0.133. The van der Waals surface area contributed by atoms with Crippen LogP contribution in [0.5, 0.6) is 11.5 Å². The summed E-state index contributed by atoms with van der Waals surface area (Å²) in [5.41, 5.74) is 8.58. The van der Waals surface area contributed by atoms with Gasteiger partial charge in [0.1, 0.15) is 11.5 Å². The first kappa shape index (κ1) is 12.7. The normalized spacial score (nSPS) is 10.7. The van der Waals surface area contributed by atoms with E-state index in [-0.39, 0.29) is 0 Å². The van der Waals surface area contributed by atoms with Crippen LogP contribution in [0.4, 0.5) is 5.13 Å². The first-order chi connectivity index (χ1) is 9.72. The van der Waals surface area contributed by atoms with E-state index in [9.17, 15) is 0 Å². The number of hydrogen-bond donors (Lipinski definition) is 1. The molecule has 1 heterocycles. The van der Waals surface area contributed by atoms with Crippen LogP contribution in [0.3, 0.4) is 0 Å². The van der Waals surface area contributed by atoms with Gasteiger partial charge in [0.15, 0.2) is 5.13 Å². The van der Waals surface area contributed by atoms with Gasteiger partial charge in [0.2, 0.25) is 0 Å². The van der Waals surface area contributed by atoms with Crippen LogP contribution in [-0.4, -0.2) is 19.2 Å². The largest absolute Gasteiger partial charge is 0.496 e. The number of thiazole rings is 1. The number of para-hydroxylation sites is 1. The monoisotopic (exact) mass is 286 g/mol. The predicted molar refractivity (Wildman–Crippen MR) is 82.6 cm³/mol. The van der Waals surface area contributed by atoms with Gasteiger partial charge in [0.25, 0.3) is 0 Å². The molecular weight excluding hydrogens is 272 g/mol. The molecule has 3 aromatic rings. The Morgan fingerprint density at radius 2 is 1.75 bits per heavy atom. The Bertz CT molecular complexity index is 768. The van der Waals surface area contributed by atoms with Crippen LogP contribution in [0.2, 0.25) is 0 Å². The molecule has 0 fully saturated rings. The Labute approximate surface area is 120 Å².